The largest absolute Gasteiger partial charge is 0.376 e. The zero-order valence-electron chi connectivity index (χ0n) is 12.0. The smallest absolute Gasteiger partial charge is 0.248 e. The third kappa shape index (κ3) is 4.33. The van der Waals surface area contributed by atoms with E-state index in [1.54, 1.807) is 24.3 Å². The number of rotatable bonds is 5. The molecule has 0 aromatic heterocycles. The van der Waals surface area contributed by atoms with Crippen molar-refractivity contribution in [3.63, 3.8) is 0 Å². The number of carbonyl (C=O) groups is 2. The number of aryl methyl sites for hydroxylation is 1. The molecular formula is C16H16BrN3O2. The fourth-order valence-corrected chi connectivity index (χ4v) is 2.37. The molecule has 0 fully saturated rings. The van der Waals surface area contributed by atoms with Crippen molar-refractivity contribution < 1.29 is 9.59 Å². The number of carbonyl (C=O) groups excluding carboxylic acids is 2. The Balaban J connectivity index is 1.91. The van der Waals surface area contributed by atoms with Gasteiger partial charge in [-0.3, -0.25) is 9.59 Å². The van der Waals surface area contributed by atoms with Gasteiger partial charge in [0.25, 0.3) is 0 Å². The van der Waals surface area contributed by atoms with Gasteiger partial charge < -0.3 is 16.4 Å². The Morgan fingerprint density at radius 2 is 1.82 bits per heavy atom. The lowest BCUT2D eigenvalue weighted by Gasteiger charge is -2.10. The molecule has 0 heterocycles. The fraction of sp³-hybridized carbons (Fsp3) is 0.125. The van der Waals surface area contributed by atoms with Crippen LogP contribution in [0.2, 0.25) is 0 Å². The van der Waals surface area contributed by atoms with Gasteiger partial charge in [-0.05, 0) is 55.0 Å². The number of hydrogen-bond donors (Lipinski definition) is 3. The molecule has 2 aromatic carbocycles. The molecule has 0 spiro atoms. The number of halogens is 1. The van der Waals surface area contributed by atoms with Crippen LogP contribution in [0.5, 0.6) is 0 Å². The Morgan fingerprint density at radius 1 is 1.14 bits per heavy atom. The monoisotopic (exact) mass is 361 g/mol. The predicted octanol–water partition coefficient (Wildman–Crippen LogP) is 2.91. The molecule has 2 rings (SSSR count). The molecular weight excluding hydrogens is 346 g/mol. The second kappa shape index (κ2) is 7.09. The number of nitrogens with two attached hydrogens (primary N) is 1. The third-order valence-corrected chi connectivity index (χ3v) is 3.58. The fourth-order valence-electron chi connectivity index (χ4n) is 1.90. The first-order valence-electron chi connectivity index (χ1n) is 6.65. The lowest BCUT2D eigenvalue weighted by atomic mass is 10.2. The number of primary amides is 1. The Bertz CT molecular complexity index is 699. The summed E-state index contributed by atoms with van der Waals surface area (Å²) in [6.45, 7) is 2.06. The lowest BCUT2D eigenvalue weighted by Crippen LogP contribution is -2.22. The van der Waals surface area contributed by atoms with E-state index in [4.69, 9.17) is 5.73 Å². The van der Waals surface area contributed by atoms with E-state index in [-0.39, 0.29) is 12.5 Å². The molecule has 0 unspecified atom stereocenters. The molecule has 0 aliphatic rings. The van der Waals surface area contributed by atoms with Gasteiger partial charge in [-0.15, -0.1) is 0 Å². The molecule has 0 saturated heterocycles. The van der Waals surface area contributed by atoms with Crippen LogP contribution in [0, 0.1) is 6.92 Å². The molecule has 2 amide bonds. The first-order valence-corrected chi connectivity index (χ1v) is 7.45. The maximum absolute atomic E-state index is 11.9. The molecule has 0 radical (unpaired) electrons. The van der Waals surface area contributed by atoms with Gasteiger partial charge in [-0.1, -0.05) is 15.9 Å². The summed E-state index contributed by atoms with van der Waals surface area (Å²) in [4.78, 5) is 22.9. The maximum atomic E-state index is 11.9. The molecule has 114 valence electrons. The zero-order chi connectivity index (χ0) is 16.1. The average molecular weight is 362 g/mol. The lowest BCUT2D eigenvalue weighted by molar-refractivity contribution is -0.114. The molecule has 0 bridgehead atoms. The molecule has 2 aromatic rings. The molecule has 6 heteroatoms. The molecule has 22 heavy (non-hydrogen) atoms. The topological polar surface area (TPSA) is 84.2 Å². The maximum Gasteiger partial charge on any atom is 0.248 e. The van der Waals surface area contributed by atoms with Crippen LogP contribution in [0.3, 0.4) is 0 Å². The third-order valence-electron chi connectivity index (χ3n) is 3.09. The van der Waals surface area contributed by atoms with Crippen molar-refractivity contribution in [1.82, 2.24) is 0 Å². The van der Waals surface area contributed by atoms with Crippen molar-refractivity contribution in [2.45, 2.75) is 6.92 Å². The van der Waals surface area contributed by atoms with Gasteiger partial charge in [0.2, 0.25) is 11.8 Å². The zero-order valence-corrected chi connectivity index (χ0v) is 13.6. The summed E-state index contributed by atoms with van der Waals surface area (Å²) < 4.78 is 0.968. The van der Waals surface area contributed by atoms with Crippen LogP contribution in [0.15, 0.2) is 46.9 Å². The van der Waals surface area contributed by atoms with Crippen LogP contribution < -0.4 is 16.4 Å². The van der Waals surface area contributed by atoms with E-state index in [0.29, 0.717) is 5.56 Å². The van der Waals surface area contributed by atoms with Crippen molar-refractivity contribution in [2.24, 2.45) is 5.73 Å². The van der Waals surface area contributed by atoms with Gasteiger partial charge in [-0.25, -0.2) is 0 Å². The van der Waals surface area contributed by atoms with Gasteiger partial charge in [0, 0.05) is 21.4 Å². The Labute approximate surface area is 137 Å². The van der Waals surface area contributed by atoms with Crippen molar-refractivity contribution in [1.29, 1.82) is 0 Å². The second-order valence-electron chi connectivity index (χ2n) is 4.80. The quantitative estimate of drug-likeness (QED) is 0.765. The van der Waals surface area contributed by atoms with Crippen LogP contribution in [0.25, 0.3) is 0 Å². The highest BCUT2D eigenvalue weighted by molar-refractivity contribution is 9.10. The summed E-state index contributed by atoms with van der Waals surface area (Å²) >= 11 is 3.38. The normalized spacial score (nSPS) is 10.1. The average Bonchev–Trinajstić information content (AvgIpc) is 2.48. The number of hydrogen-bond acceptors (Lipinski definition) is 3. The van der Waals surface area contributed by atoms with Gasteiger partial charge in [0.15, 0.2) is 0 Å². The first-order chi connectivity index (χ1) is 10.5. The van der Waals surface area contributed by atoms with Crippen LogP contribution in [-0.2, 0) is 4.79 Å². The van der Waals surface area contributed by atoms with Crippen molar-refractivity contribution >= 4 is 39.1 Å². The minimum atomic E-state index is -0.477. The van der Waals surface area contributed by atoms with E-state index in [2.05, 4.69) is 26.6 Å². The highest BCUT2D eigenvalue weighted by Crippen LogP contribution is 2.20. The predicted molar refractivity (Wildman–Crippen MR) is 91.0 cm³/mol. The summed E-state index contributed by atoms with van der Waals surface area (Å²) in [6, 6.07) is 12.3. The van der Waals surface area contributed by atoms with Crippen LogP contribution in [0.1, 0.15) is 15.9 Å². The number of benzene rings is 2. The van der Waals surface area contributed by atoms with Crippen LogP contribution in [-0.4, -0.2) is 18.4 Å². The highest BCUT2D eigenvalue weighted by Gasteiger charge is 2.05. The van der Waals surface area contributed by atoms with Crippen molar-refractivity contribution in [2.75, 3.05) is 17.2 Å². The van der Waals surface area contributed by atoms with E-state index < -0.39 is 5.91 Å². The van der Waals surface area contributed by atoms with Crippen molar-refractivity contribution in [3.05, 3.63) is 58.1 Å². The molecule has 0 atom stereocenters. The Morgan fingerprint density at radius 3 is 2.41 bits per heavy atom. The minimum absolute atomic E-state index is 0.130. The van der Waals surface area contributed by atoms with Gasteiger partial charge >= 0.3 is 0 Å². The molecule has 0 aliphatic carbocycles. The van der Waals surface area contributed by atoms with Crippen LogP contribution in [0.4, 0.5) is 11.4 Å². The van der Waals surface area contributed by atoms with Crippen molar-refractivity contribution in [3.8, 4) is 0 Å². The molecule has 0 saturated carbocycles. The van der Waals surface area contributed by atoms with E-state index in [1.807, 2.05) is 25.1 Å². The summed E-state index contributed by atoms with van der Waals surface area (Å²) in [5.41, 5.74) is 8.10. The summed E-state index contributed by atoms with van der Waals surface area (Å²) in [5, 5.41) is 5.83. The second-order valence-corrected chi connectivity index (χ2v) is 5.72. The van der Waals surface area contributed by atoms with Crippen LogP contribution >= 0.6 is 15.9 Å². The van der Waals surface area contributed by atoms with E-state index in [0.717, 1.165) is 21.4 Å². The standard InChI is InChI=1S/C16H16BrN3O2/c1-10-8-12(17)4-7-14(10)20-15(21)9-19-13-5-2-11(3-6-13)16(18)22/h2-8,19H,9H2,1H3,(H2,18,22)(H,20,21). The summed E-state index contributed by atoms with van der Waals surface area (Å²) in [5.74, 6) is -0.626. The Hall–Kier alpha value is -2.34. The summed E-state index contributed by atoms with van der Waals surface area (Å²) in [7, 11) is 0. The number of anilines is 2. The van der Waals surface area contributed by atoms with E-state index >= 15 is 0 Å². The number of nitrogens with one attached hydrogen (secondary N) is 2. The molecule has 5 nitrogen and oxygen atoms in total. The minimum Gasteiger partial charge on any atom is -0.376 e. The van der Waals surface area contributed by atoms with E-state index in [9.17, 15) is 9.59 Å². The first kappa shape index (κ1) is 16.0. The molecule has 0 aliphatic heterocycles. The summed E-state index contributed by atoms with van der Waals surface area (Å²) in [6.07, 6.45) is 0. The van der Waals surface area contributed by atoms with Gasteiger partial charge in [0.05, 0.1) is 6.54 Å². The number of amides is 2. The SMILES string of the molecule is Cc1cc(Br)ccc1NC(=O)CNc1ccc(C(N)=O)cc1. The Kier molecular flexibility index (Phi) is 5.16. The highest BCUT2D eigenvalue weighted by atomic mass is 79.9. The van der Waals surface area contributed by atoms with Gasteiger partial charge in [-0.2, -0.15) is 0 Å². The van der Waals surface area contributed by atoms with Gasteiger partial charge in [0.1, 0.15) is 0 Å². The van der Waals surface area contributed by atoms with E-state index in [1.165, 1.54) is 0 Å². The molecule has 4 N–H and O–H groups in total.